The van der Waals surface area contributed by atoms with E-state index in [1.165, 1.54) is 6.08 Å². The molecule has 0 aromatic carbocycles. The predicted molar refractivity (Wildman–Crippen MR) is 134 cm³/mol. The summed E-state index contributed by atoms with van der Waals surface area (Å²) in [6.45, 7) is 13.6. The molecule has 1 aliphatic heterocycles. The van der Waals surface area contributed by atoms with Gasteiger partial charge in [-0.2, -0.15) is 5.26 Å². The third-order valence-corrected chi connectivity index (χ3v) is 5.42. The topological polar surface area (TPSA) is 110 Å². The van der Waals surface area contributed by atoms with Crippen LogP contribution in [0.4, 0.5) is 5.69 Å². The fourth-order valence-corrected chi connectivity index (χ4v) is 3.71. The van der Waals surface area contributed by atoms with Gasteiger partial charge in [0, 0.05) is 44.8 Å². The van der Waals surface area contributed by atoms with Crippen LogP contribution < -0.4 is 16.0 Å². The molecule has 0 radical (unpaired) electrons. The minimum absolute atomic E-state index is 0.106. The van der Waals surface area contributed by atoms with E-state index >= 15 is 0 Å². The number of allylic oxidation sites excluding steroid dienone is 2. The van der Waals surface area contributed by atoms with E-state index in [4.69, 9.17) is 0 Å². The number of rotatable bonds is 10. The molecule has 1 atom stereocenters. The zero-order valence-corrected chi connectivity index (χ0v) is 20.3. The first-order valence-corrected chi connectivity index (χ1v) is 11.4. The summed E-state index contributed by atoms with van der Waals surface area (Å²) >= 11 is 3.32. The summed E-state index contributed by atoms with van der Waals surface area (Å²) in [4.78, 5) is 31.5. The molecule has 2 amide bonds. The van der Waals surface area contributed by atoms with Gasteiger partial charge in [-0.05, 0) is 46.6 Å². The number of halogens is 1. The summed E-state index contributed by atoms with van der Waals surface area (Å²) in [5, 5.41) is 18.4. The van der Waals surface area contributed by atoms with Crippen molar-refractivity contribution in [3.8, 4) is 6.07 Å². The van der Waals surface area contributed by atoms with Crippen LogP contribution in [0.15, 0.2) is 59.3 Å². The van der Waals surface area contributed by atoms with Gasteiger partial charge < -0.3 is 20.9 Å². The normalized spacial score (nSPS) is 15.8. The van der Waals surface area contributed by atoms with Gasteiger partial charge in [-0.3, -0.25) is 9.59 Å². The minimum Gasteiger partial charge on any atom is -0.345 e. The van der Waals surface area contributed by atoms with E-state index in [1.54, 1.807) is 37.3 Å². The first-order chi connectivity index (χ1) is 15.9. The Kier molecular flexibility index (Phi) is 10.7. The molecular formula is C24H29BrN6O2. The number of carbonyl (C=O) groups is 2. The van der Waals surface area contributed by atoms with Crippen LogP contribution in [0, 0.1) is 11.3 Å². The lowest BCUT2D eigenvalue weighted by Gasteiger charge is -2.26. The highest BCUT2D eigenvalue weighted by Crippen LogP contribution is 2.18. The van der Waals surface area contributed by atoms with Crippen LogP contribution in [0.25, 0.3) is 6.08 Å². The van der Waals surface area contributed by atoms with Crippen LogP contribution in [0.5, 0.6) is 0 Å². The fraction of sp³-hybridized carbons (Fsp3) is 0.333. The number of pyridine rings is 1. The number of carbonyl (C=O) groups excluding carboxylic acids is 2. The summed E-state index contributed by atoms with van der Waals surface area (Å²) in [5.74, 6) is -0.648. The van der Waals surface area contributed by atoms with Crippen LogP contribution in [0.2, 0.25) is 0 Å². The smallest absolute Gasteiger partial charge is 0.262 e. The number of hydrogen-bond donors (Lipinski definition) is 3. The predicted octanol–water partition coefficient (Wildman–Crippen LogP) is 2.79. The van der Waals surface area contributed by atoms with Gasteiger partial charge in [-0.15, -0.1) is 0 Å². The van der Waals surface area contributed by atoms with Gasteiger partial charge in [0.25, 0.3) is 5.91 Å². The van der Waals surface area contributed by atoms with E-state index < -0.39 is 5.91 Å². The van der Waals surface area contributed by atoms with Crippen molar-refractivity contribution in [1.82, 2.24) is 20.5 Å². The third kappa shape index (κ3) is 8.77. The second-order valence-electron chi connectivity index (χ2n) is 7.46. The van der Waals surface area contributed by atoms with E-state index in [2.05, 4.69) is 54.9 Å². The van der Waals surface area contributed by atoms with Crippen molar-refractivity contribution in [3.63, 3.8) is 0 Å². The molecule has 1 aromatic heterocycles. The Hall–Kier alpha value is -3.06. The van der Waals surface area contributed by atoms with Crippen LogP contribution in [0.1, 0.15) is 19.0 Å². The van der Waals surface area contributed by atoms with Gasteiger partial charge in [0.1, 0.15) is 16.2 Å². The van der Waals surface area contributed by atoms with Crippen molar-refractivity contribution in [2.24, 2.45) is 0 Å². The molecule has 9 heteroatoms. The SMILES string of the molecule is C=C/C=C(\C=C)C(C)NC(=O)/C(C#N)=C/c1cc(NC(=O)CCN2CCNCC2)cc(Br)n1. The molecule has 174 valence electrons. The quantitative estimate of drug-likeness (QED) is 0.192. The molecule has 0 spiro atoms. The maximum atomic E-state index is 12.6. The van der Waals surface area contributed by atoms with Crippen molar-refractivity contribution in [3.05, 3.63) is 65.0 Å². The summed E-state index contributed by atoms with van der Waals surface area (Å²) in [6.07, 6.45) is 6.72. The number of nitriles is 1. The van der Waals surface area contributed by atoms with Crippen molar-refractivity contribution in [2.45, 2.75) is 19.4 Å². The fourth-order valence-electron chi connectivity index (χ4n) is 3.26. The molecular weight excluding hydrogens is 484 g/mol. The lowest BCUT2D eigenvalue weighted by molar-refractivity contribution is -0.117. The van der Waals surface area contributed by atoms with Crippen molar-refractivity contribution < 1.29 is 9.59 Å². The molecule has 0 saturated carbocycles. The lowest BCUT2D eigenvalue weighted by Crippen LogP contribution is -2.44. The Balaban J connectivity index is 2.07. The zero-order valence-electron chi connectivity index (χ0n) is 18.7. The largest absolute Gasteiger partial charge is 0.345 e. The van der Waals surface area contributed by atoms with E-state index in [-0.39, 0.29) is 17.5 Å². The summed E-state index contributed by atoms with van der Waals surface area (Å²) in [6, 6.07) is 4.85. The van der Waals surface area contributed by atoms with E-state index in [0.29, 0.717) is 29.0 Å². The van der Waals surface area contributed by atoms with E-state index in [1.807, 2.05) is 6.07 Å². The van der Waals surface area contributed by atoms with Crippen molar-refractivity contribution in [1.29, 1.82) is 5.26 Å². The van der Waals surface area contributed by atoms with Gasteiger partial charge in [0.15, 0.2) is 0 Å². The standard InChI is InChI=1S/C24H29BrN6O2/c1-4-6-18(5-2)17(3)28-24(33)19(16-26)13-20-14-21(15-22(25)29-20)30-23(32)7-10-31-11-8-27-9-12-31/h4-6,13-15,17,27H,1-2,7-12H2,3H3,(H,28,33)(H,29,30,32)/b18-6+,19-13+. The average molecular weight is 513 g/mol. The Morgan fingerprint density at radius 3 is 2.73 bits per heavy atom. The average Bonchev–Trinajstić information content (AvgIpc) is 2.79. The maximum absolute atomic E-state index is 12.6. The van der Waals surface area contributed by atoms with Gasteiger partial charge in [-0.1, -0.05) is 31.4 Å². The van der Waals surface area contributed by atoms with Crippen LogP contribution >= 0.6 is 15.9 Å². The molecule has 0 bridgehead atoms. The summed E-state index contributed by atoms with van der Waals surface area (Å²) in [7, 11) is 0. The van der Waals surface area contributed by atoms with Crippen LogP contribution in [0.3, 0.4) is 0 Å². The zero-order chi connectivity index (χ0) is 24.2. The molecule has 8 nitrogen and oxygen atoms in total. The molecule has 33 heavy (non-hydrogen) atoms. The number of nitrogens with zero attached hydrogens (tertiary/aromatic N) is 3. The number of aromatic nitrogens is 1. The van der Waals surface area contributed by atoms with Crippen molar-refractivity contribution in [2.75, 3.05) is 38.0 Å². The van der Waals surface area contributed by atoms with Crippen molar-refractivity contribution >= 4 is 39.5 Å². The van der Waals surface area contributed by atoms with E-state index in [0.717, 1.165) is 31.8 Å². The molecule has 0 aliphatic carbocycles. The first-order valence-electron chi connectivity index (χ1n) is 10.6. The Morgan fingerprint density at radius 1 is 1.36 bits per heavy atom. The minimum atomic E-state index is -0.537. The molecule has 1 fully saturated rings. The molecule has 1 aliphatic rings. The maximum Gasteiger partial charge on any atom is 0.262 e. The molecule has 1 unspecified atom stereocenters. The highest BCUT2D eigenvalue weighted by atomic mass is 79.9. The highest BCUT2D eigenvalue weighted by Gasteiger charge is 2.15. The first kappa shape index (κ1) is 26.2. The third-order valence-electron chi connectivity index (χ3n) is 5.01. The van der Waals surface area contributed by atoms with E-state index in [9.17, 15) is 14.9 Å². The molecule has 2 rings (SSSR count). The Labute approximate surface area is 203 Å². The van der Waals surface area contributed by atoms with Crippen LogP contribution in [-0.4, -0.2) is 60.5 Å². The molecule has 1 saturated heterocycles. The second kappa shape index (κ2) is 13.5. The van der Waals surface area contributed by atoms with Gasteiger partial charge in [0.2, 0.25) is 5.91 Å². The number of hydrogen-bond acceptors (Lipinski definition) is 6. The van der Waals surface area contributed by atoms with Gasteiger partial charge >= 0.3 is 0 Å². The summed E-state index contributed by atoms with van der Waals surface area (Å²) < 4.78 is 0.475. The molecule has 3 N–H and O–H groups in total. The van der Waals surface area contributed by atoms with Crippen LogP contribution in [-0.2, 0) is 9.59 Å². The number of anilines is 1. The molecule has 1 aromatic rings. The lowest BCUT2D eigenvalue weighted by atomic mass is 10.1. The number of amides is 2. The highest BCUT2D eigenvalue weighted by molar-refractivity contribution is 9.10. The summed E-state index contributed by atoms with van der Waals surface area (Å²) in [5.41, 5.74) is 1.56. The van der Waals surface area contributed by atoms with Gasteiger partial charge in [-0.25, -0.2) is 4.98 Å². The monoisotopic (exact) mass is 512 g/mol. The molecule has 2 heterocycles. The number of nitrogens with one attached hydrogen (secondary N) is 3. The Bertz CT molecular complexity index is 989. The second-order valence-corrected chi connectivity index (χ2v) is 8.28. The number of piperazine rings is 1. The van der Waals surface area contributed by atoms with Gasteiger partial charge in [0.05, 0.1) is 11.7 Å². The Morgan fingerprint density at radius 2 is 2.09 bits per heavy atom.